The third kappa shape index (κ3) is 26.7. The SMILES string of the molecule is CCCOc1ccc(C(=O)N2CCC3(CC2)CC(OCC)CC(c2ccccc2)O3)cc1.CCOC1CC(c2ccccn2)OC2(CCN(C(=O)c3ccc(OC(C)C)c(C)c3)CC2)C1.CCOC1CC(c2cccnc2)OC2(CCN(C(=O)c3ccc(OC(C)C)c(C)c3)CC2)C1.CCOC1CC(c2cccnc2)OC2(CCN(C(=O)c3ccc(OC(C)C)c(C)c3)CC2)C1. The van der Waals surface area contributed by atoms with E-state index in [1.807, 2.05) is 237 Å². The number of carbonyl (C=O) groups excluding carboxylic acids is 4. The molecular weight excluding hydrogens is 1650 g/mol. The second kappa shape index (κ2) is 46.8. The minimum absolute atomic E-state index is 0.0256. The summed E-state index contributed by atoms with van der Waals surface area (Å²) in [5.41, 5.74) is 9.12. The van der Waals surface area contributed by atoms with Crippen LogP contribution in [0.25, 0.3) is 0 Å². The van der Waals surface area contributed by atoms with Crippen molar-refractivity contribution >= 4 is 23.6 Å². The van der Waals surface area contributed by atoms with E-state index in [1.54, 1.807) is 12.4 Å². The molecule has 131 heavy (non-hydrogen) atoms. The van der Waals surface area contributed by atoms with Crippen molar-refractivity contribution < 1.29 is 76.0 Å². The van der Waals surface area contributed by atoms with Crippen LogP contribution in [0, 0.1) is 20.8 Å². The number of benzene rings is 5. The molecule has 23 nitrogen and oxygen atoms in total. The number of rotatable bonds is 25. The van der Waals surface area contributed by atoms with Crippen molar-refractivity contribution in [2.75, 3.05) is 85.4 Å². The molecule has 8 fully saturated rings. The fraction of sp³-hybridized carbons (Fsp3) is 0.546. The Hall–Kier alpha value is -9.69. The molecule has 23 heteroatoms. The zero-order chi connectivity index (χ0) is 92.7. The predicted molar refractivity (Wildman–Crippen MR) is 508 cm³/mol. The van der Waals surface area contributed by atoms with E-state index < -0.39 is 0 Å². The van der Waals surface area contributed by atoms with Crippen LogP contribution in [-0.2, 0) is 37.9 Å². The Morgan fingerprint density at radius 3 is 0.985 bits per heavy atom. The molecule has 706 valence electrons. The van der Waals surface area contributed by atoms with Gasteiger partial charge in [-0.3, -0.25) is 34.1 Å². The van der Waals surface area contributed by atoms with Gasteiger partial charge in [0, 0.05) is 183 Å². The van der Waals surface area contributed by atoms with Gasteiger partial charge in [-0.25, -0.2) is 0 Å². The summed E-state index contributed by atoms with van der Waals surface area (Å²) in [6.07, 6.45) is 24.5. The Morgan fingerprint density at radius 1 is 0.366 bits per heavy atom. The average molecular weight is 1800 g/mol. The highest BCUT2D eigenvalue weighted by Crippen LogP contribution is 2.49. The van der Waals surface area contributed by atoms with Crippen molar-refractivity contribution in [3.8, 4) is 23.0 Å². The molecule has 4 amide bonds. The molecule has 0 aliphatic carbocycles. The van der Waals surface area contributed by atoms with Crippen LogP contribution in [0.15, 0.2) is 183 Å². The summed E-state index contributed by atoms with van der Waals surface area (Å²) >= 11 is 0. The molecule has 4 spiro atoms. The van der Waals surface area contributed by atoms with Gasteiger partial charge >= 0.3 is 0 Å². The number of hydrogen-bond acceptors (Lipinski definition) is 19. The largest absolute Gasteiger partial charge is 0.494 e. The Balaban J connectivity index is 0.000000149. The van der Waals surface area contributed by atoms with E-state index in [2.05, 4.69) is 65.2 Å². The van der Waals surface area contributed by atoms with Crippen LogP contribution in [0.1, 0.15) is 290 Å². The third-order valence-electron chi connectivity index (χ3n) is 26.6. The maximum absolute atomic E-state index is 13.2. The summed E-state index contributed by atoms with van der Waals surface area (Å²) in [4.78, 5) is 73.6. The summed E-state index contributed by atoms with van der Waals surface area (Å²) < 4.78 is 74.2. The number of pyridine rings is 3. The molecule has 8 atom stereocenters. The Morgan fingerprint density at radius 2 is 0.679 bits per heavy atom. The number of nitrogens with zero attached hydrogens (tertiary/aromatic N) is 7. The molecule has 5 aromatic carbocycles. The Kier molecular flexibility index (Phi) is 35.3. The number of carbonyl (C=O) groups is 4. The second-order valence-corrected chi connectivity index (χ2v) is 37.4. The van der Waals surface area contributed by atoms with E-state index in [9.17, 15) is 19.2 Å². The molecule has 0 radical (unpaired) electrons. The van der Waals surface area contributed by atoms with Crippen LogP contribution in [0.5, 0.6) is 23.0 Å². The minimum atomic E-state index is -0.276. The first-order chi connectivity index (χ1) is 63.3. The molecule has 16 rings (SSSR count). The number of amides is 4. The van der Waals surface area contributed by atoms with Gasteiger partial charge < -0.3 is 76.4 Å². The maximum Gasteiger partial charge on any atom is 0.253 e. The quantitative estimate of drug-likeness (QED) is 0.0517. The highest BCUT2D eigenvalue weighted by molar-refractivity contribution is 5.96. The molecule has 8 aliphatic heterocycles. The third-order valence-corrected chi connectivity index (χ3v) is 26.6. The van der Waals surface area contributed by atoms with Crippen LogP contribution in [0.2, 0.25) is 0 Å². The lowest BCUT2D eigenvalue weighted by atomic mass is 9.80. The Bertz CT molecular complexity index is 4530. The monoisotopic (exact) mass is 1790 g/mol. The van der Waals surface area contributed by atoms with E-state index >= 15 is 0 Å². The lowest BCUT2D eigenvalue weighted by Crippen LogP contribution is -2.52. The standard InChI is InChI=1S/3C27H36N2O4.C27H35NO4/c2*1-5-31-23-16-25(22-7-6-12-28-18-22)33-27(17-23)10-13-29(14-11-27)26(30)21-8-9-24(20(4)15-21)32-19(2)3;1-5-31-22-17-25(23-8-6-7-13-28-23)33-27(18-22)11-14-29(15-12-27)26(30)21-9-10-24(20(4)16-21)32-19(2)3;1-3-18-31-23-12-10-22(11-13-23)26(29)28-16-14-27(15-17-28)20-24(30-4-2)19-25(32-27)21-8-6-5-7-9-21/h2*6-9,12,15,18-19,23,25H,5,10-11,13-14,16-17H2,1-4H3;6-10,13,16,19,22,25H,5,11-12,14-15,17-18H2,1-4H3;5-13,24-25H,3-4,14-20H2,1-2H3. The predicted octanol–water partition coefficient (Wildman–Crippen LogP) is 20.7. The summed E-state index contributed by atoms with van der Waals surface area (Å²) in [5, 5.41) is 0. The van der Waals surface area contributed by atoms with Gasteiger partial charge in [-0.05, 0) is 284 Å². The molecule has 11 heterocycles. The van der Waals surface area contributed by atoms with E-state index in [1.165, 1.54) is 5.56 Å². The molecule has 0 N–H and O–H groups in total. The molecule has 8 aliphatic rings. The molecule has 0 bridgehead atoms. The van der Waals surface area contributed by atoms with Crippen molar-refractivity contribution in [3.05, 3.63) is 244 Å². The summed E-state index contributed by atoms with van der Waals surface area (Å²) in [6, 6.07) is 49.1. The van der Waals surface area contributed by atoms with E-state index in [4.69, 9.17) is 56.8 Å². The zero-order valence-corrected chi connectivity index (χ0v) is 80.0. The van der Waals surface area contributed by atoms with E-state index in [0.717, 1.165) is 166 Å². The summed E-state index contributed by atoms with van der Waals surface area (Å²) in [5.74, 6) is 3.61. The van der Waals surface area contributed by atoms with Crippen molar-refractivity contribution in [1.82, 2.24) is 34.6 Å². The van der Waals surface area contributed by atoms with Crippen molar-refractivity contribution in [3.63, 3.8) is 0 Å². The van der Waals surface area contributed by atoms with Crippen LogP contribution in [-0.4, -0.2) is 209 Å². The van der Waals surface area contributed by atoms with Crippen molar-refractivity contribution in [2.45, 2.75) is 296 Å². The summed E-state index contributed by atoms with van der Waals surface area (Å²) in [7, 11) is 0. The number of hydrogen-bond donors (Lipinski definition) is 0. The fourth-order valence-electron chi connectivity index (χ4n) is 20.1. The highest BCUT2D eigenvalue weighted by atomic mass is 16.6. The molecule has 3 aromatic heterocycles. The lowest BCUT2D eigenvalue weighted by molar-refractivity contribution is -0.191. The van der Waals surface area contributed by atoms with Gasteiger partial charge in [0.25, 0.3) is 23.6 Å². The van der Waals surface area contributed by atoms with Gasteiger partial charge in [-0.1, -0.05) is 55.5 Å². The van der Waals surface area contributed by atoms with Gasteiger partial charge in [0.1, 0.15) is 29.1 Å². The van der Waals surface area contributed by atoms with Gasteiger partial charge in [0.05, 0.1) is 95.7 Å². The van der Waals surface area contributed by atoms with Crippen LogP contribution in [0.4, 0.5) is 0 Å². The fourth-order valence-corrected chi connectivity index (χ4v) is 20.1. The van der Waals surface area contributed by atoms with Gasteiger partial charge in [-0.15, -0.1) is 0 Å². The first-order valence-electron chi connectivity index (χ1n) is 48.4. The first kappa shape index (κ1) is 98.8. The molecule has 0 saturated carbocycles. The number of piperidine rings is 4. The molecular formula is C108H143N7O16. The first-order valence-corrected chi connectivity index (χ1v) is 48.4. The van der Waals surface area contributed by atoms with Crippen molar-refractivity contribution in [1.29, 1.82) is 0 Å². The molecule has 8 aromatic rings. The minimum Gasteiger partial charge on any atom is -0.494 e. The van der Waals surface area contributed by atoms with Gasteiger partial charge in [0.2, 0.25) is 0 Å². The second-order valence-electron chi connectivity index (χ2n) is 37.4. The van der Waals surface area contributed by atoms with Gasteiger partial charge in [0.15, 0.2) is 0 Å². The lowest BCUT2D eigenvalue weighted by Gasteiger charge is -2.48. The average Bonchev–Trinajstić information content (AvgIpc) is 0.787. The zero-order valence-electron chi connectivity index (χ0n) is 80.0. The highest BCUT2D eigenvalue weighted by Gasteiger charge is 2.50. The normalized spacial score (nSPS) is 22.5. The number of likely N-dealkylation sites (tertiary alicyclic amines) is 4. The van der Waals surface area contributed by atoms with Crippen LogP contribution in [0.3, 0.4) is 0 Å². The van der Waals surface area contributed by atoms with Crippen LogP contribution < -0.4 is 18.9 Å². The topological polar surface area (TPSA) is 231 Å². The number of aryl methyl sites for hydroxylation is 3. The smallest absolute Gasteiger partial charge is 0.253 e. The Labute approximate surface area is 778 Å². The molecule has 8 saturated heterocycles. The van der Waals surface area contributed by atoms with E-state index in [0.29, 0.717) is 108 Å². The molecule has 8 unspecified atom stereocenters. The van der Waals surface area contributed by atoms with Crippen molar-refractivity contribution in [2.24, 2.45) is 0 Å². The number of ether oxygens (including phenoxy) is 12. The van der Waals surface area contributed by atoms with Crippen LogP contribution >= 0.6 is 0 Å². The van der Waals surface area contributed by atoms with E-state index in [-0.39, 0.29) is 113 Å². The number of aromatic nitrogens is 3. The van der Waals surface area contributed by atoms with Gasteiger partial charge in [-0.2, -0.15) is 0 Å². The maximum atomic E-state index is 13.2. The summed E-state index contributed by atoms with van der Waals surface area (Å²) in [6.45, 7) is 37.2.